The molecule has 3 aromatic heterocycles. The van der Waals surface area contributed by atoms with Crippen LogP contribution in [0, 0.1) is 0 Å². The van der Waals surface area contributed by atoms with E-state index in [1.807, 2.05) is 11.4 Å². The number of aromatic nitrogens is 6. The van der Waals surface area contributed by atoms with Crippen molar-refractivity contribution >= 4 is 23.2 Å². The Morgan fingerprint density at radius 2 is 1.64 bits per heavy atom. The largest absolute Gasteiger partial charge is 0.337 e. The highest BCUT2D eigenvalue weighted by molar-refractivity contribution is 7.12. The number of H-pyrrole nitrogens is 1. The Morgan fingerprint density at radius 1 is 0.909 bits per heavy atom. The molecule has 0 saturated carbocycles. The molecule has 0 amide bonds. The van der Waals surface area contributed by atoms with Gasteiger partial charge in [0, 0.05) is 50.1 Å². The first-order chi connectivity index (χ1) is 10.9. The summed E-state index contributed by atoms with van der Waals surface area (Å²) >= 11 is 1.55. The van der Waals surface area contributed by atoms with Crippen molar-refractivity contribution in [3.8, 4) is 10.8 Å². The second kappa shape index (κ2) is 5.68. The minimum Gasteiger partial charge on any atom is -0.337 e. The van der Waals surface area contributed by atoms with Gasteiger partial charge in [-0.3, -0.25) is 5.10 Å². The molecule has 0 bridgehead atoms. The van der Waals surface area contributed by atoms with Crippen molar-refractivity contribution in [1.29, 1.82) is 0 Å². The Kier molecular flexibility index (Phi) is 3.39. The van der Waals surface area contributed by atoms with Gasteiger partial charge in [-0.1, -0.05) is 0 Å². The van der Waals surface area contributed by atoms with Crippen molar-refractivity contribution in [1.82, 2.24) is 30.1 Å². The van der Waals surface area contributed by atoms with Crippen LogP contribution in [-0.2, 0) is 0 Å². The van der Waals surface area contributed by atoms with Gasteiger partial charge in [0.1, 0.15) is 0 Å². The van der Waals surface area contributed by atoms with Gasteiger partial charge in [0.05, 0.1) is 0 Å². The van der Waals surface area contributed by atoms with Crippen LogP contribution in [0.2, 0.25) is 0 Å². The van der Waals surface area contributed by atoms with Gasteiger partial charge in [0.2, 0.25) is 11.9 Å². The monoisotopic (exact) mass is 314 g/mol. The fourth-order valence-corrected chi connectivity index (χ4v) is 2.97. The summed E-state index contributed by atoms with van der Waals surface area (Å²) in [5.74, 6) is 2.22. The molecule has 22 heavy (non-hydrogen) atoms. The van der Waals surface area contributed by atoms with Gasteiger partial charge in [-0.15, -0.1) is 16.4 Å². The Balaban J connectivity index is 1.44. The van der Waals surface area contributed by atoms with Crippen LogP contribution in [0.1, 0.15) is 0 Å². The molecule has 3 aromatic rings. The van der Waals surface area contributed by atoms with Crippen molar-refractivity contribution in [2.75, 3.05) is 36.0 Å². The molecule has 4 heterocycles. The lowest BCUT2D eigenvalue weighted by molar-refractivity contribution is 0.629. The van der Waals surface area contributed by atoms with Crippen molar-refractivity contribution in [3.05, 3.63) is 30.0 Å². The number of nitrogens with one attached hydrogen (secondary N) is 1. The lowest BCUT2D eigenvalue weighted by Gasteiger charge is -2.33. The molecule has 8 nitrogen and oxygen atoms in total. The SMILES string of the molecule is c1cnc(N2CCN(c3n[nH]c(-c4nccs4)n3)CC2)nc1. The van der Waals surface area contributed by atoms with E-state index in [2.05, 4.69) is 39.9 Å². The van der Waals surface area contributed by atoms with Crippen LogP contribution < -0.4 is 9.80 Å². The minimum atomic E-state index is 0.721. The number of piperazine rings is 1. The first-order valence-electron chi connectivity index (χ1n) is 6.99. The Labute approximate surface area is 130 Å². The van der Waals surface area contributed by atoms with E-state index in [0.29, 0.717) is 0 Å². The van der Waals surface area contributed by atoms with E-state index in [-0.39, 0.29) is 0 Å². The number of hydrogen-bond acceptors (Lipinski definition) is 8. The molecule has 1 N–H and O–H groups in total. The molecule has 0 aliphatic carbocycles. The van der Waals surface area contributed by atoms with E-state index in [4.69, 9.17) is 0 Å². The third kappa shape index (κ3) is 2.50. The van der Waals surface area contributed by atoms with E-state index < -0.39 is 0 Å². The van der Waals surface area contributed by atoms with Gasteiger partial charge < -0.3 is 9.80 Å². The zero-order valence-corrected chi connectivity index (χ0v) is 12.6. The zero-order valence-electron chi connectivity index (χ0n) is 11.8. The quantitative estimate of drug-likeness (QED) is 0.773. The molecule has 4 rings (SSSR count). The highest BCUT2D eigenvalue weighted by Gasteiger charge is 2.22. The molecule has 1 saturated heterocycles. The van der Waals surface area contributed by atoms with Crippen LogP contribution in [0.5, 0.6) is 0 Å². The Hall–Kier alpha value is -2.55. The lowest BCUT2D eigenvalue weighted by Crippen LogP contribution is -2.47. The molecule has 0 radical (unpaired) electrons. The van der Waals surface area contributed by atoms with E-state index >= 15 is 0 Å². The zero-order chi connectivity index (χ0) is 14.8. The van der Waals surface area contributed by atoms with Crippen LogP contribution in [0.4, 0.5) is 11.9 Å². The summed E-state index contributed by atoms with van der Waals surface area (Å²) in [6.07, 6.45) is 5.30. The average molecular weight is 314 g/mol. The number of nitrogens with zero attached hydrogens (tertiary/aromatic N) is 7. The standard InChI is InChI=1S/C13H14N8S/c1-2-15-12(16-3-1)20-5-7-21(8-6-20)13-17-10(18-19-13)11-14-4-9-22-11/h1-4,9H,5-8H2,(H,17,18,19). The smallest absolute Gasteiger partial charge is 0.245 e. The van der Waals surface area contributed by atoms with Gasteiger partial charge in [0.25, 0.3) is 0 Å². The van der Waals surface area contributed by atoms with Crippen LogP contribution in [0.25, 0.3) is 10.8 Å². The summed E-state index contributed by atoms with van der Waals surface area (Å²) in [7, 11) is 0. The highest BCUT2D eigenvalue weighted by Crippen LogP contribution is 2.20. The molecule has 1 aliphatic heterocycles. The average Bonchev–Trinajstić information content (AvgIpc) is 3.27. The Morgan fingerprint density at radius 3 is 2.32 bits per heavy atom. The molecular weight excluding hydrogens is 300 g/mol. The minimum absolute atomic E-state index is 0.721. The molecular formula is C13H14N8S. The predicted octanol–water partition coefficient (Wildman–Crippen LogP) is 1.04. The summed E-state index contributed by atoms with van der Waals surface area (Å²) in [5, 5.41) is 10.0. The second-order valence-electron chi connectivity index (χ2n) is 4.84. The van der Waals surface area contributed by atoms with E-state index in [0.717, 1.165) is 48.9 Å². The summed E-state index contributed by atoms with van der Waals surface area (Å²) in [6.45, 7) is 3.39. The van der Waals surface area contributed by atoms with Crippen molar-refractivity contribution < 1.29 is 0 Å². The fourth-order valence-electron chi connectivity index (χ4n) is 2.39. The molecule has 0 atom stereocenters. The molecule has 1 fully saturated rings. The number of rotatable bonds is 3. The van der Waals surface area contributed by atoms with Crippen molar-refractivity contribution in [2.24, 2.45) is 0 Å². The van der Waals surface area contributed by atoms with Gasteiger partial charge >= 0.3 is 0 Å². The molecule has 0 unspecified atom stereocenters. The van der Waals surface area contributed by atoms with Crippen LogP contribution in [0.3, 0.4) is 0 Å². The summed E-state index contributed by atoms with van der Waals surface area (Å²) in [4.78, 5) is 21.7. The maximum atomic E-state index is 4.53. The number of hydrogen-bond donors (Lipinski definition) is 1. The third-order valence-electron chi connectivity index (χ3n) is 3.51. The fraction of sp³-hybridized carbons (Fsp3) is 0.308. The van der Waals surface area contributed by atoms with Gasteiger partial charge in [-0.2, -0.15) is 4.98 Å². The van der Waals surface area contributed by atoms with Crippen LogP contribution in [-0.4, -0.2) is 56.3 Å². The van der Waals surface area contributed by atoms with Gasteiger partial charge in [0.15, 0.2) is 10.8 Å². The molecule has 1 aliphatic rings. The van der Waals surface area contributed by atoms with Crippen LogP contribution >= 0.6 is 11.3 Å². The van der Waals surface area contributed by atoms with Crippen LogP contribution in [0.15, 0.2) is 30.0 Å². The maximum absolute atomic E-state index is 4.53. The third-order valence-corrected chi connectivity index (χ3v) is 4.29. The van der Waals surface area contributed by atoms with Crippen molar-refractivity contribution in [3.63, 3.8) is 0 Å². The number of thiazole rings is 1. The molecule has 9 heteroatoms. The lowest BCUT2D eigenvalue weighted by atomic mass is 10.3. The predicted molar refractivity (Wildman–Crippen MR) is 83.9 cm³/mol. The Bertz CT molecular complexity index is 718. The normalized spacial score (nSPS) is 15.3. The van der Waals surface area contributed by atoms with Crippen molar-refractivity contribution in [2.45, 2.75) is 0 Å². The summed E-state index contributed by atoms with van der Waals surface area (Å²) in [5.41, 5.74) is 0. The topological polar surface area (TPSA) is 86.7 Å². The van der Waals surface area contributed by atoms with E-state index in [1.165, 1.54) is 0 Å². The van der Waals surface area contributed by atoms with Gasteiger partial charge in [-0.05, 0) is 6.07 Å². The van der Waals surface area contributed by atoms with Gasteiger partial charge in [-0.25, -0.2) is 15.0 Å². The highest BCUT2D eigenvalue weighted by atomic mass is 32.1. The number of aromatic amines is 1. The molecule has 0 aromatic carbocycles. The van der Waals surface area contributed by atoms with E-state index in [1.54, 1.807) is 29.9 Å². The maximum Gasteiger partial charge on any atom is 0.245 e. The number of anilines is 2. The second-order valence-corrected chi connectivity index (χ2v) is 5.74. The molecule has 0 spiro atoms. The summed E-state index contributed by atoms with van der Waals surface area (Å²) < 4.78 is 0. The first-order valence-corrected chi connectivity index (χ1v) is 7.87. The summed E-state index contributed by atoms with van der Waals surface area (Å²) in [6, 6.07) is 1.83. The van der Waals surface area contributed by atoms with E-state index in [9.17, 15) is 0 Å². The molecule has 112 valence electrons. The first kappa shape index (κ1) is 13.1.